The number of anilines is 2. The molecule has 18 heavy (non-hydrogen) atoms. The van der Waals surface area contributed by atoms with Crippen LogP contribution in [-0.2, 0) is 6.42 Å². The molecule has 3 aromatic rings. The van der Waals surface area contributed by atoms with Crippen molar-refractivity contribution in [2.75, 3.05) is 11.5 Å². The lowest BCUT2D eigenvalue weighted by Crippen LogP contribution is -2.03. The number of nitrogens with one attached hydrogen (secondary N) is 1. The Kier molecular flexibility index (Phi) is 2.33. The van der Waals surface area contributed by atoms with Crippen LogP contribution in [0, 0.1) is 0 Å². The Labute approximate surface area is 103 Å². The van der Waals surface area contributed by atoms with Crippen LogP contribution in [-0.4, -0.2) is 19.9 Å². The molecular weight excluding hydrogens is 228 g/mol. The summed E-state index contributed by atoms with van der Waals surface area (Å²) in [4.78, 5) is 15.6. The number of fused-ring (bicyclic) bond motifs is 1. The van der Waals surface area contributed by atoms with Crippen molar-refractivity contribution in [3.8, 4) is 0 Å². The maximum Gasteiger partial charge on any atom is 0.183 e. The van der Waals surface area contributed by atoms with Gasteiger partial charge in [0.25, 0.3) is 0 Å². The Hall–Kier alpha value is -2.63. The van der Waals surface area contributed by atoms with Gasteiger partial charge in [-0.2, -0.15) is 0 Å². The molecule has 5 N–H and O–H groups in total. The van der Waals surface area contributed by atoms with E-state index in [1.54, 1.807) is 6.33 Å². The van der Waals surface area contributed by atoms with Crippen molar-refractivity contribution in [2.45, 2.75) is 6.42 Å². The van der Waals surface area contributed by atoms with Gasteiger partial charge in [0.15, 0.2) is 11.5 Å². The number of para-hydroxylation sites is 1. The van der Waals surface area contributed by atoms with Gasteiger partial charge in [-0.15, -0.1) is 0 Å². The lowest BCUT2D eigenvalue weighted by molar-refractivity contribution is 0.993. The normalized spacial score (nSPS) is 10.9. The van der Waals surface area contributed by atoms with Gasteiger partial charge < -0.3 is 16.5 Å². The summed E-state index contributed by atoms with van der Waals surface area (Å²) in [6.45, 7) is 0. The van der Waals surface area contributed by atoms with Gasteiger partial charge in [-0.1, -0.05) is 18.2 Å². The number of aromatic nitrogens is 4. The van der Waals surface area contributed by atoms with E-state index in [2.05, 4.69) is 19.9 Å². The van der Waals surface area contributed by atoms with Crippen LogP contribution < -0.4 is 11.5 Å². The van der Waals surface area contributed by atoms with Crippen molar-refractivity contribution in [1.82, 2.24) is 19.9 Å². The summed E-state index contributed by atoms with van der Waals surface area (Å²) in [6, 6.07) is 7.63. The number of aromatic amines is 1. The molecule has 0 aliphatic rings. The van der Waals surface area contributed by atoms with Crippen molar-refractivity contribution in [3.05, 3.63) is 42.0 Å². The van der Waals surface area contributed by atoms with Gasteiger partial charge in [0.2, 0.25) is 0 Å². The fraction of sp³-hybridized carbons (Fsp3) is 0.0833. The zero-order valence-corrected chi connectivity index (χ0v) is 9.59. The van der Waals surface area contributed by atoms with Crippen LogP contribution in [0.5, 0.6) is 0 Å². The molecule has 2 heterocycles. The largest absolute Gasteiger partial charge is 0.398 e. The number of hydrogen-bond acceptors (Lipinski definition) is 5. The first-order chi connectivity index (χ1) is 8.74. The van der Waals surface area contributed by atoms with Gasteiger partial charge in [-0.05, 0) is 11.6 Å². The van der Waals surface area contributed by atoms with E-state index in [-0.39, 0.29) is 0 Å². The molecule has 6 nitrogen and oxygen atoms in total. The number of H-pyrrole nitrogens is 1. The average Bonchev–Trinajstić information content (AvgIpc) is 2.81. The van der Waals surface area contributed by atoms with E-state index in [0.29, 0.717) is 29.2 Å². The summed E-state index contributed by atoms with van der Waals surface area (Å²) < 4.78 is 0. The smallest absolute Gasteiger partial charge is 0.183 e. The highest BCUT2D eigenvalue weighted by atomic mass is 15.0. The van der Waals surface area contributed by atoms with Crippen LogP contribution in [0.3, 0.4) is 0 Å². The number of benzene rings is 1. The third kappa shape index (κ3) is 1.73. The molecule has 0 saturated heterocycles. The highest BCUT2D eigenvalue weighted by Gasteiger charge is 2.08. The first-order valence-corrected chi connectivity index (χ1v) is 5.53. The number of imidazole rings is 1. The summed E-state index contributed by atoms with van der Waals surface area (Å²) >= 11 is 0. The van der Waals surface area contributed by atoms with E-state index in [1.807, 2.05) is 24.3 Å². The Bertz CT molecular complexity index is 703. The topological polar surface area (TPSA) is 106 Å². The highest BCUT2D eigenvalue weighted by Crippen LogP contribution is 2.17. The Balaban J connectivity index is 2.02. The van der Waals surface area contributed by atoms with Gasteiger partial charge >= 0.3 is 0 Å². The molecule has 0 spiro atoms. The minimum absolute atomic E-state index is 0.405. The van der Waals surface area contributed by atoms with Crippen molar-refractivity contribution in [2.24, 2.45) is 0 Å². The van der Waals surface area contributed by atoms with Gasteiger partial charge in [0.1, 0.15) is 11.3 Å². The summed E-state index contributed by atoms with van der Waals surface area (Å²) in [5, 5.41) is 0. The molecule has 0 fully saturated rings. The van der Waals surface area contributed by atoms with E-state index in [9.17, 15) is 0 Å². The van der Waals surface area contributed by atoms with E-state index in [0.717, 1.165) is 11.3 Å². The third-order valence-electron chi connectivity index (χ3n) is 2.76. The molecule has 90 valence electrons. The zero-order chi connectivity index (χ0) is 12.5. The standard InChI is InChI=1S/C12H12N6/c13-8-4-2-1-3-7(8)5-9-17-11(14)10-12(18-9)16-6-15-10/h1-4,6H,5,13H2,(H3,14,15,16,17,18). The lowest BCUT2D eigenvalue weighted by Gasteiger charge is -2.05. The van der Waals surface area contributed by atoms with Gasteiger partial charge in [-0.25, -0.2) is 15.0 Å². The molecule has 0 aliphatic carbocycles. The summed E-state index contributed by atoms with van der Waals surface area (Å²) in [7, 11) is 0. The van der Waals surface area contributed by atoms with Crippen molar-refractivity contribution >= 4 is 22.7 Å². The van der Waals surface area contributed by atoms with Crippen molar-refractivity contribution in [1.29, 1.82) is 0 Å². The monoisotopic (exact) mass is 240 g/mol. The van der Waals surface area contributed by atoms with Crippen LogP contribution in [0.4, 0.5) is 11.5 Å². The second-order valence-electron chi connectivity index (χ2n) is 4.00. The molecule has 6 heteroatoms. The number of hydrogen-bond donors (Lipinski definition) is 3. The predicted octanol–water partition coefficient (Wildman–Crippen LogP) is 1.11. The molecule has 0 bridgehead atoms. The molecule has 2 aromatic heterocycles. The molecule has 0 radical (unpaired) electrons. The second kappa shape index (κ2) is 3.99. The number of nitrogens with two attached hydrogens (primary N) is 2. The molecule has 3 rings (SSSR count). The lowest BCUT2D eigenvalue weighted by atomic mass is 10.1. The van der Waals surface area contributed by atoms with Crippen LogP contribution in [0.1, 0.15) is 11.4 Å². The average molecular weight is 240 g/mol. The summed E-state index contributed by atoms with van der Waals surface area (Å²) in [6.07, 6.45) is 2.09. The van der Waals surface area contributed by atoms with Crippen LogP contribution in [0.25, 0.3) is 11.2 Å². The van der Waals surface area contributed by atoms with Gasteiger partial charge in [0.05, 0.1) is 6.33 Å². The Morgan fingerprint density at radius 3 is 2.78 bits per heavy atom. The summed E-state index contributed by atoms with van der Waals surface area (Å²) in [5.74, 6) is 1.02. The van der Waals surface area contributed by atoms with E-state index in [4.69, 9.17) is 11.5 Å². The molecule has 0 saturated carbocycles. The Morgan fingerprint density at radius 2 is 1.94 bits per heavy atom. The minimum atomic E-state index is 0.405. The summed E-state index contributed by atoms with van der Waals surface area (Å²) in [5.41, 5.74) is 14.7. The third-order valence-corrected chi connectivity index (χ3v) is 2.76. The fourth-order valence-electron chi connectivity index (χ4n) is 1.85. The number of nitrogen functional groups attached to an aromatic ring is 2. The first kappa shape index (κ1) is 10.5. The van der Waals surface area contributed by atoms with E-state index in [1.165, 1.54) is 0 Å². The minimum Gasteiger partial charge on any atom is -0.398 e. The van der Waals surface area contributed by atoms with E-state index >= 15 is 0 Å². The molecule has 1 aromatic carbocycles. The molecule has 0 unspecified atom stereocenters. The quantitative estimate of drug-likeness (QED) is 0.582. The van der Waals surface area contributed by atoms with Crippen molar-refractivity contribution < 1.29 is 0 Å². The highest BCUT2D eigenvalue weighted by molar-refractivity contribution is 5.80. The van der Waals surface area contributed by atoms with Gasteiger partial charge in [0, 0.05) is 12.1 Å². The van der Waals surface area contributed by atoms with E-state index < -0.39 is 0 Å². The molecule has 0 aliphatic heterocycles. The maximum atomic E-state index is 5.89. The molecule has 0 amide bonds. The molecular formula is C12H12N6. The SMILES string of the molecule is Nc1ccccc1Cc1nc(N)c2[nH]cnc2n1. The Morgan fingerprint density at radius 1 is 1.11 bits per heavy atom. The zero-order valence-electron chi connectivity index (χ0n) is 9.59. The van der Waals surface area contributed by atoms with Crippen LogP contribution in [0.15, 0.2) is 30.6 Å². The maximum absolute atomic E-state index is 5.89. The van der Waals surface area contributed by atoms with Crippen molar-refractivity contribution in [3.63, 3.8) is 0 Å². The second-order valence-corrected chi connectivity index (χ2v) is 4.00. The van der Waals surface area contributed by atoms with Gasteiger partial charge in [-0.3, -0.25) is 0 Å². The number of rotatable bonds is 2. The fourth-order valence-corrected chi connectivity index (χ4v) is 1.85. The molecule has 0 atom stereocenters. The van der Waals surface area contributed by atoms with Crippen LogP contribution >= 0.6 is 0 Å². The first-order valence-electron chi connectivity index (χ1n) is 5.53. The number of nitrogens with zero attached hydrogens (tertiary/aromatic N) is 3. The predicted molar refractivity (Wildman–Crippen MR) is 69.8 cm³/mol. The van der Waals surface area contributed by atoms with Crippen LogP contribution in [0.2, 0.25) is 0 Å².